The van der Waals surface area contributed by atoms with Gasteiger partial charge in [-0.05, 0) is 33.6 Å². The molecule has 2 rings (SSSR count). The Hall–Kier alpha value is -0.450. The number of hydrogen-bond acceptors (Lipinski definition) is 2. The predicted molar refractivity (Wildman–Crippen MR) is 57.7 cm³/mol. The Morgan fingerprint density at radius 3 is 2.86 bits per heavy atom. The molecule has 0 saturated carbocycles. The first-order chi connectivity index (χ1) is 6.77. The van der Waals surface area contributed by atoms with E-state index >= 15 is 0 Å². The highest BCUT2D eigenvalue weighted by Gasteiger charge is 2.14. The van der Waals surface area contributed by atoms with Gasteiger partial charge in [0, 0.05) is 25.7 Å². The molecule has 1 aromatic rings. The van der Waals surface area contributed by atoms with Crippen molar-refractivity contribution in [3.63, 3.8) is 0 Å². The van der Waals surface area contributed by atoms with Gasteiger partial charge in [-0.2, -0.15) is 0 Å². The van der Waals surface area contributed by atoms with Crippen molar-refractivity contribution in [1.82, 2.24) is 10.6 Å². The first-order valence-corrected chi connectivity index (χ1v) is 5.46. The van der Waals surface area contributed by atoms with Crippen molar-refractivity contribution in [1.29, 1.82) is 0 Å². The number of rotatable bonds is 1. The minimum Gasteiger partial charge on any atom is -0.314 e. The maximum Gasteiger partial charge on any atom is 0.137 e. The monoisotopic (exact) mass is 258 g/mol. The van der Waals surface area contributed by atoms with Crippen LogP contribution in [0.3, 0.4) is 0 Å². The van der Waals surface area contributed by atoms with E-state index in [-0.39, 0.29) is 11.9 Å². The Morgan fingerprint density at radius 1 is 1.36 bits per heavy atom. The zero-order valence-electron chi connectivity index (χ0n) is 7.69. The van der Waals surface area contributed by atoms with Gasteiger partial charge >= 0.3 is 0 Å². The molecule has 0 bridgehead atoms. The summed E-state index contributed by atoms with van der Waals surface area (Å²) >= 11 is 3.14. The smallest absolute Gasteiger partial charge is 0.137 e. The lowest BCUT2D eigenvalue weighted by Crippen LogP contribution is -2.42. The summed E-state index contributed by atoms with van der Waals surface area (Å²) in [6, 6.07) is 5.50. The summed E-state index contributed by atoms with van der Waals surface area (Å²) in [4.78, 5) is 0. The average Bonchev–Trinajstić information content (AvgIpc) is 2.23. The fourth-order valence-corrected chi connectivity index (χ4v) is 1.86. The van der Waals surface area contributed by atoms with Crippen molar-refractivity contribution in [3.05, 3.63) is 34.1 Å². The summed E-state index contributed by atoms with van der Waals surface area (Å²) in [5.41, 5.74) is 0.998. The number of piperazine rings is 1. The van der Waals surface area contributed by atoms with Crippen LogP contribution in [0.25, 0.3) is 0 Å². The lowest BCUT2D eigenvalue weighted by molar-refractivity contribution is 0.428. The Balaban J connectivity index is 2.18. The van der Waals surface area contributed by atoms with Crippen LogP contribution in [-0.2, 0) is 0 Å². The second-order valence-electron chi connectivity index (χ2n) is 3.38. The molecule has 0 radical (unpaired) electrons. The zero-order chi connectivity index (χ0) is 9.97. The van der Waals surface area contributed by atoms with Crippen LogP contribution in [0.5, 0.6) is 0 Å². The Labute approximate surface area is 91.0 Å². The molecule has 2 N–H and O–H groups in total. The number of hydrogen-bond donors (Lipinski definition) is 2. The first-order valence-electron chi connectivity index (χ1n) is 4.66. The molecule has 1 aliphatic rings. The van der Waals surface area contributed by atoms with E-state index in [0.29, 0.717) is 4.47 Å². The number of halogens is 2. The van der Waals surface area contributed by atoms with E-state index in [0.717, 1.165) is 25.2 Å². The van der Waals surface area contributed by atoms with E-state index in [4.69, 9.17) is 0 Å². The average molecular weight is 259 g/mol. The molecule has 76 valence electrons. The van der Waals surface area contributed by atoms with E-state index < -0.39 is 0 Å². The molecule has 1 saturated heterocycles. The minimum absolute atomic E-state index is 0.199. The van der Waals surface area contributed by atoms with Gasteiger partial charge in [0.2, 0.25) is 0 Å². The van der Waals surface area contributed by atoms with Gasteiger partial charge in [-0.1, -0.05) is 6.07 Å². The number of benzene rings is 1. The summed E-state index contributed by atoms with van der Waals surface area (Å²) in [5, 5.41) is 6.61. The summed E-state index contributed by atoms with van der Waals surface area (Å²) in [7, 11) is 0. The molecule has 4 heteroatoms. The molecule has 1 atom stereocenters. The van der Waals surface area contributed by atoms with E-state index in [1.54, 1.807) is 12.1 Å². The van der Waals surface area contributed by atoms with Gasteiger partial charge in [-0.25, -0.2) is 4.39 Å². The lowest BCUT2D eigenvalue weighted by Gasteiger charge is -2.24. The number of nitrogens with one attached hydrogen (secondary N) is 2. The first kappa shape index (κ1) is 10.1. The van der Waals surface area contributed by atoms with Crippen molar-refractivity contribution in [2.45, 2.75) is 6.04 Å². The molecule has 1 aromatic carbocycles. The molecule has 1 fully saturated rings. The van der Waals surface area contributed by atoms with Crippen molar-refractivity contribution in [2.75, 3.05) is 19.6 Å². The molecule has 0 unspecified atom stereocenters. The normalized spacial score (nSPS) is 22.3. The lowest BCUT2D eigenvalue weighted by atomic mass is 10.1. The van der Waals surface area contributed by atoms with Gasteiger partial charge in [-0.15, -0.1) is 0 Å². The van der Waals surface area contributed by atoms with Crippen molar-refractivity contribution in [2.24, 2.45) is 0 Å². The Bertz CT molecular complexity index is 324. The largest absolute Gasteiger partial charge is 0.314 e. The van der Waals surface area contributed by atoms with Gasteiger partial charge in [0.1, 0.15) is 5.82 Å². The highest BCUT2D eigenvalue weighted by Crippen LogP contribution is 2.20. The Morgan fingerprint density at radius 2 is 2.21 bits per heavy atom. The van der Waals surface area contributed by atoms with Gasteiger partial charge in [-0.3, -0.25) is 0 Å². The predicted octanol–water partition coefficient (Wildman–Crippen LogP) is 1.82. The van der Waals surface area contributed by atoms with E-state index in [1.165, 1.54) is 0 Å². The highest BCUT2D eigenvalue weighted by atomic mass is 79.9. The molecular formula is C10H12BrFN2. The third kappa shape index (κ3) is 2.13. The zero-order valence-corrected chi connectivity index (χ0v) is 9.27. The molecule has 1 aliphatic heterocycles. The molecule has 0 aromatic heterocycles. The van der Waals surface area contributed by atoms with Crippen LogP contribution in [0.15, 0.2) is 22.7 Å². The van der Waals surface area contributed by atoms with Crippen LogP contribution in [0.2, 0.25) is 0 Å². The van der Waals surface area contributed by atoms with E-state index in [1.807, 2.05) is 6.07 Å². The standard InChI is InChI=1S/C10H12BrFN2/c11-8-2-1-7(5-9(8)12)10-6-13-3-4-14-10/h1-2,5,10,13-14H,3-4,6H2/t10-/m0/s1. The third-order valence-electron chi connectivity index (χ3n) is 2.39. The summed E-state index contributed by atoms with van der Waals surface area (Å²) in [6.45, 7) is 2.78. The molecule has 0 aliphatic carbocycles. The van der Waals surface area contributed by atoms with Crippen molar-refractivity contribution < 1.29 is 4.39 Å². The fourth-order valence-electron chi connectivity index (χ4n) is 1.62. The van der Waals surface area contributed by atoms with Crippen LogP contribution in [0, 0.1) is 5.82 Å². The maximum atomic E-state index is 13.2. The van der Waals surface area contributed by atoms with Crippen LogP contribution >= 0.6 is 15.9 Å². The summed E-state index contributed by atoms with van der Waals surface area (Å²) < 4.78 is 13.8. The van der Waals surface area contributed by atoms with Crippen LogP contribution < -0.4 is 10.6 Å². The molecule has 0 spiro atoms. The van der Waals surface area contributed by atoms with Gasteiger partial charge in [0.05, 0.1) is 4.47 Å². The topological polar surface area (TPSA) is 24.1 Å². The summed E-state index contributed by atoms with van der Waals surface area (Å²) in [6.07, 6.45) is 0. The van der Waals surface area contributed by atoms with Gasteiger partial charge < -0.3 is 10.6 Å². The fraction of sp³-hybridized carbons (Fsp3) is 0.400. The third-order valence-corrected chi connectivity index (χ3v) is 3.03. The molecule has 14 heavy (non-hydrogen) atoms. The second kappa shape index (κ2) is 4.38. The molecule has 1 heterocycles. The minimum atomic E-state index is -0.199. The summed E-state index contributed by atoms with van der Waals surface area (Å²) in [5.74, 6) is -0.199. The second-order valence-corrected chi connectivity index (χ2v) is 4.24. The van der Waals surface area contributed by atoms with Gasteiger partial charge in [0.15, 0.2) is 0 Å². The van der Waals surface area contributed by atoms with E-state index in [2.05, 4.69) is 26.6 Å². The van der Waals surface area contributed by atoms with Crippen LogP contribution in [0.1, 0.15) is 11.6 Å². The van der Waals surface area contributed by atoms with E-state index in [9.17, 15) is 4.39 Å². The quantitative estimate of drug-likeness (QED) is 0.803. The molecular weight excluding hydrogens is 247 g/mol. The highest BCUT2D eigenvalue weighted by molar-refractivity contribution is 9.10. The van der Waals surface area contributed by atoms with Gasteiger partial charge in [0.25, 0.3) is 0 Å². The molecule has 2 nitrogen and oxygen atoms in total. The van der Waals surface area contributed by atoms with Crippen molar-refractivity contribution in [3.8, 4) is 0 Å². The molecule has 0 amide bonds. The van der Waals surface area contributed by atoms with Crippen molar-refractivity contribution >= 4 is 15.9 Å². The van der Waals surface area contributed by atoms with Crippen LogP contribution in [0.4, 0.5) is 4.39 Å². The SMILES string of the molecule is Fc1cc([C@@H]2CNCCN2)ccc1Br. The van der Waals surface area contributed by atoms with Crippen LogP contribution in [-0.4, -0.2) is 19.6 Å². The Kier molecular flexibility index (Phi) is 3.15. The maximum absolute atomic E-state index is 13.2.